The summed E-state index contributed by atoms with van der Waals surface area (Å²) in [5.41, 5.74) is 0. The molecule has 2 atom stereocenters. The van der Waals surface area contributed by atoms with E-state index >= 15 is 0 Å². The summed E-state index contributed by atoms with van der Waals surface area (Å²) in [4.78, 5) is 37.8. The van der Waals surface area contributed by atoms with Crippen molar-refractivity contribution in [3.05, 3.63) is 0 Å². The van der Waals surface area contributed by atoms with Crippen LogP contribution in [0.3, 0.4) is 0 Å². The molecular weight excluding hydrogens is 697 g/mol. The average Bonchev–Trinajstić information content (AvgIpc) is 3.18. The standard InChI is InChI=1S/C50H96O6/c1-6-8-9-10-11-12-13-14-15-16-17-18-25-30-35-40-48(51)54-43-47(44-55-49(52)41-36-31-26-21-19-23-28-33-38-45(3)4)56-50(53)42-37-32-27-22-20-24-29-34-39-46(5)7-2/h45-47H,6-44H2,1-5H3/t46?,47-/m1/s1. The molecule has 1 unspecified atom stereocenters. The molecule has 6 heteroatoms. The van der Waals surface area contributed by atoms with Gasteiger partial charge < -0.3 is 14.2 Å². The molecule has 0 fully saturated rings. The Morgan fingerprint density at radius 3 is 1.02 bits per heavy atom. The topological polar surface area (TPSA) is 78.9 Å². The molecule has 0 spiro atoms. The van der Waals surface area contributed by atoms with Crippen LogP contribution in [0.1, 0.15) is 272 Å². The number of carbonyl (C=O) groups is 3. The van der Waals surface area contributed by atoms with Gasteiger partial charge in [-0.2, -0.15) is 0 Å². The van der Waals surface area contributed by atoms with Gasteiger partial charge >= 0.3 is 17.9 Å². The number of carbonyl (C=O) groups excluding carboxylic acids is 3. The fourth-order valence-electron chi connectivity index (χ4n) is 7.43. The third-order valence-corrected chi connectivity index (χ3v) is 11.6. The lowest BCUT2D eigenvalue weighted by Crippen LogP contribution is -2.30. The predicted molar refractivity (Wildman–Crippen MR) is 238 cm³/mol. The molecule has 0 bridgehead atoms. The molecule has 6 nitrogen and oxygen atoms in total. The van der Waals surface area contributed by atoms with E-state index in [4.69, 9.17) is 14.2 Å². The van der Waals surface area contributed by atoms with E-state index in [-0.39, 0.29) is 31.1 Å². The van der Waals surface area contributed by atoms with Gasteiger partial charge in [0.1, 0.15) is 13.2 Å². The molecule has 0 saturated heterocycles. The highest BCUT2D eigenvalue weighted by atomic mass is 16.6. The first-order valence-corrected chi connectivity index (χ1v) is 24.8. The minimum Gasteiger partial charge on any atom is -0.462 e. The lowest BCUT2D eigenvalue weighted by molar-refractivity contribution is -0.167. The van der Waals surface area contributed by atoms with E-state index in [0.29, 0.717) is 19.3 Å². The Morgan fingerprint density at radius 1 is 0.375 bits per heavy atom. The van der Waals surface area contributed by atoms with Gasteiger partial charge in [-0.15, -0.1) is 0 Å². The fraction of sp³-hybridized carbons (Fsp3) is 0.940. The molecule has 0 heterocycles. The molecule has 0 aromatic rings. The second-order valence-corrected chi connectivity index (χ2v) is 17.8. The molecule has 0 aromatic heterocycles. The third kappa shape index (κ3) is 42.0. The molecule has 0 rings (SSSR count). The smallest absolute Gasteiger partial charge is 0.306 e. The van der Waals surface area contributed by atoms with E-state index in [1.807, 2.05) is 0 Å². The van der Waals surface area contributed by atoms with Crippen molar-refractivity contribution >= 4 is 17.9 Å². The van der Waals surface area contributed by atoms with Crippen LogP contribution in [0, 0.1) is 11.8 Å². The number of unbranched alkanes of at least 4 members (excludes halogenated alkanes) is 28. The van der Waals surface area contributed by atoms with Crippen molar-refractivity contribution in [1.29, 1.82) is 0 Å². The van der Waals surface area contributed by atoms with Crippen LogP contribution in [0.25, 0.3) is 0 Å². The van der Waals surface area contributed by atoms with E-state index in [1.54, 1.807) is 0 Å². The summed E-state index contributed by atoms with van der Waals surface area (Å²) in [5, 5.41) is 0. The molecule has 56 heavy (non-hydrogen) atoms. The summed E-state index contributed by atoms with van der Waals surface area (Å²) in [5.74, 6) is 0.787. The maximum Gasteiger partial charge on any atom is 0.306 e. The second-order valence-electron chi connectivity index (χ2n) is 17.8. The van der Waals surface area contributed by atoms with Gasteiger partial charge in [-0.1, -0.05) is 234 Å². The van der Waals surface area contributed by atoms with Crippen LogP contribution in [0.2, 0.25) is 0 Å². The number of ether oxygens (including phenoxy) is 3. The van der Waals surface area contributed by atoms with Crippen molar-refractivity contribution in [2.45, 2.75) is 278 Å². The van der Waals surface area contributed by atoms with E-state index in [1.165, 1.54) is 161 Å². The number of esters is 3. The first-order chi connectivity index (χ1) is 27.3. The van der Waals surface area contributed by atoms with E-state index in [0.717, 1.165) is 69.6 Å². The van der Waals surface area contributed by atoms with E-state index in [2.05, 4.69) is 34.6 Å². The highest BCUT2D eigenvalue weighted by molar-refractivity contribution is 5.71. The summed E-state index contributed by atoms with van der Waals surface area (Å²) >= 11 is 0. The van der Waals surface area contributed by atoms with Gasteiger partial charge in [0.05, 0.1) is 0 Å². The molecule has 0 amide bonds. The van der Waals surface area contributed by atoms with Crippen LogP contribution in [0.15, 0.2) is 0 Å². The van der Waals surface area contributed by atoms with Crippen LogP contribution in [-0.4, -0.2) is 37.2 Å². The molecular formula is C50H96O6. The molecule has 0 aliphatic heterocycles. The minimum atomic E-state index is -0.761. The van der Waals surface area contributed by atoms with Gasteiger partial charge in [-0.3, -0.25) is 14.4 Å². The van der Waals surface area contributed by atoms with Crippen LogP contribution in [0.5, 0.6) is 0 Å². The Hall–Kier alpha value is -1.59. The largest absolute Gasteiger partial charge is 0.462 e. The third-order valence-electron chi connectivity index (χ3n) is 11.6. The predicted octanol–water partition coefficient (Wildman–Crippen LogP) is 15.8. The van der Waals surface area contributed by atoms with Crippen LogP contribution in [-0.2, 0) is 28.6 Å². The summed E-state index contributed by atoms with van der Waals surface area (Å²) < 4.78 is 16.8. The highest BCUT2D eigenvalue weighted by Gasteiger charge is 2.19. The first-order valence-electron chi connectivity index (χ1n) is 24.8. The normalized spacial score (nSPS) is 12.5. The van der Waals surface area contributed by atoms with Crippen molar-refractivity contribution in [1.82, 2.24) is 0 Å². The number of hydrogen-bond acceptors (Lipinski definition) is 6. The summed E-state index contributed by atoms with van der Waals surface area (Å²) in [6.07, 6.45) is 42.3. The van der Waals surface area contributed by atoms with Crippen LogP contribution >= 0.6 is 0 Å². The van der Waals surface area contributed by atoms with Gasteiger partial charge in [0.2, 0.25) is 0 Å². The Morgan fingerprint density at radius 2 is 0.679 bits per heavy atom. The Labute approximate surface area is 348 Å². The average molecular weight is 793 g/mol. The molecule has 0 N–H and O–H groups in total. The summed E-state index contributed by atoms with van der Waals surface area (Å²) in [6.45, 7) is 11.3. The van der Waals surface area contributed by atoms with Crippen molar-refractivity contribution in [2.24, 2.45) is 11.8 Å². The summed E-state index contributed by atoms with van der Waals surface area (Å²) in [7, 11) is 0. The quantitative estimate of drug-likeness (QED) is 0.0347. The van der Waals surface area contributed by atoms with Gasteiger partial charge in [-0.05, 0) is 31.1 Å². The van der Waals surface area contributed by atoms with Crippen molar-refractivity contribution in [2.75, 3.05) is 13.2 Å². The lowest BCUT2D eigenvalue weighted by Gasteiger charge is -2.18. The van der Waals surface area contributed by atoms with E-state index < -0.39 is 6.10 Å². The fourth-order valence-corrected chi connectivity index (χ4v) is 7.43. The molecule has 0 saturated carbocycles. The minimum absolute atomic E-state index is 0.0647. The Kier molecular flexibility index (Phi) is 41.8. The van der Waals surface area contributed by atoms with E-state index in [9.17, 15) is 14.4 Å². The molecule has 332 valence electrons. The zero-order valence-electron chi connectivity index (χ0n) is 38.3. The number of rotatable bonds is 44. The lowest BCUT2D eigenvalue weighted by atomic mass is 9.99. The Balaban J connectivity index is 4.32. The van der Waals surface area contributed by atoms with Crippen molar-refractivity contribution in [3.63, 3.8) is 0 Å². The monoisotopic (exact) mass is 793 g/mol. The zero-order chi connectivity index (χ0) is 41.2. The van der Waals surface area contributed by atoms with Gasteiger partial charge in [-0.25, -0.2) is 0 Å². The summed E-state index contributed by atoms with van der Waals surface area (Å²) in [6, 6.07) is 0. The maximum absolute atomic E-state index is 12.7. The van der Waals surface area contributed by atoms with Crippen LogP contribution in [0.4, 0.5) is 0 Å². The number of hydrogen-bond donors (Lipinski definition) is 0. The Bertz CT molecular complexity index is 856. The van der Waals surface area contributed by atoms with Gasteiger partial charge in [0.15, 0.2) is 6.10 Å². The first kappa shape index (κ1) is 54.4. The van der Waals surface area contributed by atoms with Crippen molar-refractivity contribution < 1.29 is 28.6 Å². The van der Waals surface area contributed by atoms with Gasteiger partial charge in [0, 0.05) is 19.3 Å². The highest BCUT2D eigenvalue weighted by Crippen LogP contribution is 2.17. The van der Waals surface area contributed by atoms with Gasteiger partial charge in [0.25, 0.3) is 0 Å². The molecule has 0 aliphatic rings. The maximum atomic E-state index is 12.7. The molecule has 0 aliphatic carbocycles. The van der Waals surface area contributed by atoms with Crippen molar-refractivity contribution in [3.8, 4) is 0 Å². The molecule has 0 radical (unpaired) electrons. The molecule has 0 aromatic carbocycles. The van der Waals surface area contributed by atoms with Crippen LogP contribution < -0.4 is 0 Å². The second kappa shape index (κ2) is 43.0. The zero-order valence-corrected chi connectivity index (χ0v) is 38.3. The SMILES string of the molecule is CCCCCCCCCCCCCCCCCC(=O)OC[C@H](COC(=O)CCCCCCCCCCC(C)C)OC(=O)CCCCCCCCCCC(C)CC.